The molecule has 0 unspecified atom stereocenters. The number of ether oxygens (including phenoxy) is 2. The summed E-state index contributed by atoms with van der Waals surface area (Å²) >= 11 is 12.3. The van der Waals surface area contributed by atoms with Crippen LogP contribution in [0.1, 0.15) is 12.0 Å². The van der Waals surface area contributed by atoms with Crippen molar-refractivity contribution in [3.8, 4) is 11.5 Å². The van der Waals surface area contributed by atoms with Gasteiger partial charge in [-0.3, -0.25) is 9.36 Å². The first-order valence-corrected chi connectivity index (χ1v) is 8.60. The zero-order chi connectivity index (χ0) is 17.4. The number of benzene rings is 2. The summed E-state index contributed by atoms with van der Waals surface area (Å²) in [4.78, 5) is 17.0. The molecular weight excluding hydrogens is 363 g/mol. The van der Waals surface area contributed by atoms with Gasteiger partial charge in [-0.2, -0.15) is 0 Å². The second-order valence-electron chi connectivity index (χ2n) is 5.79. The molecule has 0 aliphatic carbocycles. The van der Waals surface area contributed by atoms with E-state index in [0.717, 1.165) is 12.0 Å². The molecule has 1 aliphatic heterocycles. The molecule has 0 amide bonds. The third-order valence-electron chi connectivity index (χ3n) is 4.00. The van der Waals surface area contributed by atoms with E-state index in [1.807, 2.05) is 6.07 Å². The predicted octanol–water partition coefficient (Wildman–Crippen LogP) is 3.91. The number of rotatable bonds is 2. The second-order valence-corrected chi connectivity index (χ2v) is 6.64. The van der Waals surface area contributed by atoms with Crippen molar-refractivity contribution >= 4 is 34.1 Å². The molecule has 4 rings (SSSR count). The van der Waals surface area contributed by atoms with Crippen molar-refractivity contribution < 1.29 is 9.47 Å². The van der Waals surface area contributed by atoms with Crippen LogP contribution >= 0.6 is 23.2 Å². The lowest BCUT2D eigenvalue weighted by molar-refractivity contribution is 0.297. The molecule has 2 heterocycles. The van der Waals surface area contributed by atoms with Crippen LogP contribution in [0.25, 0.3) is 10.9 Å². The highest BCUT2D eigenvalue weighted by Gasteiger charge is 2.16. The molecule has 0 N–H and O–H groups in total. The number of aromatic nitrogens is 2. The minimum absolute atomic E-state index is 0.157. The van der Waals surface area contributed by atoms with Crippen LogP contribution in [0.2, 0.25) is 10.0 Å². The molecule has 0 atom stereocenters. The van der Waals surface area contributed by atoms with Crippen LogP contribution in [0, 0.1) is 0 Å². The van der Waals surface area contributed by atoms with E-state index >= 15 is 0 Å². The molecule has 0 saturated carbocycles. The Bertz CT molecular complexity index is 1020. The van der Waals surface area contributed by atoms with Crippen molar-refractivity contribution in [3.63, 3.8) is 0 Å². The van der Waals surface area contributed by atoms with Gasteiger partial charge in [0.1, 0.15) is 0 Å². The monoisotopic (exact) mass is 376 g/mol. The van der Waals surface area contributed by atoms with Crippen molar-refractivity contribution in [2.45, 2.75) is 13.0 Å². The van der Waals surface area contributed by atoms with Crippen molar-refractivity contribution in [1.82, 2.24) is 9.55 Å². The number of hydrogen-bond acceptors (Lipinski definition) is 4. The maximum atomic E-state index is 12.7. The van der Waals surface area contributed by atoms with Crippen molar-refractivity contribution in [1.29, 1.82) is 0 Å². The van der Waals surface area contributed by atoms with E-state index in [-0.39, 0.29) is 5.56 Å². The average molecular weight is 377 g/mol. The van der Waals surface area contributed by atoms with Gasteiger partial charge >= 0.3 is 0 Å². The molecule has 0 saturated heterocycles. The van der Waals surface area contributed by atoms with Gasteiger partial charge in [-0.25, -0.2) is 4.98 Å². The summed E-state index contributed by atoms with van der Waals surface area (Å²) in [6, 6.07) is 8.70. The fourth-order valence-corrected chi connectivity index (χ4v) is 3.28. The molecule has 0 radical (unpaired) electrons. The van der Waals surface area contributed by atoms with E-state index in [1.165, 1.54) is 10.9 Å². The van der Waals surface area contributed by atoms with Gasteiger partial charge in [0, 0.05) is 11.4 Å². The molecule has 5 nitrogen and oxygen atoms in total. The maximum Gasteiger partial charge on any atom is 0.261 e. The van der Waals surface area contributed by atoms with E-state index in [0.29, 0.717) is 52.2 Å². The molecule has 128 valence electrons. The van der Waals surface area contributed by atoms with Gasteiger partial charge in [0.25, 0.3) is 5.56 Å². The summed E-state index contributed by atoms with van der Waals surface area (Å²) in [7, 11) is 0. The Kier molecular flexibility index (Phi) is 4.27. The number of fused-ring (bicyclic) bond motifs is 2. The Hall–Kier alpha value is -2.24. The Balaban J connectivity index is 1.74. The van der Waals surface area contributed by atoms with Crippen LogP contribution in [0.4, 0.5) is 0 Å². The van der Waals surface area contributed by atoms with E-state index in [1.54, 1.807) is 24.3 Å². The molecule has 7 heteroatoms. The Morgan fingerprint density at radius 2 is 1.96 bits per heavy atom. The first-order chi connectivity index (χ1) is 12.1. The molecular formula is C18H14Cl2N2O3. The molecule has 1 aromatic heterocycles. The second kappa shape index (κ2) is 6.58. The number of nitrogens with zero attached hydrogens (tertiary/aromatic N) is 2. The quantitative estimate of drug-likeness (QED) is 0.680. The summed E-state index contributed by atoms with van der Waals surface area (Å²) in [5, 5.41) is 1.46. The molecule has 0 spiro atoms. The lowest BCUT2D eigenvalue weighted by Crippen LogP contribution is -2.21. The fourth-order valence-electron chi connectivity index (χ4n) is 2.82. The minimum Gasteiger partial charge on any atom is -0.489 e. The van der Waals surface area contributed by atoms with E-state index in [4.69, 9.17) is 32.7 Å². The number of hydrogen-bond donors (Lipinski definition) is 0. The summed E-state index contributed by atoms with van der Waals surface area (Å²) in [6.45, 7) is 1.47. The third kappa shape index (κ3) is 3.17. The Morgan fingerprint density at radius 3 is 2.84 bits per heavy atom. The summed E-state index contributed by atoms with van der Waals surface area (Å²) in [6.07, 6.45) is 2.32. The Morgan fingerprint density at radius 1 is 1.12 bits per heavy atom. The SMILES string of the molecule is O=c1c2cc(Cl)ccc2ncn1Cc1cc(Cl)c2c(c1)OCCCO2. The fraction of sp³-hybridized carbons (Fsp3) is 0.222. The van der Waals surface area contributed by atoms with Gasteiger partial charge in [-0.05, 0) is 35.9 Å². The van der Waals surface area contributed by atoms with Crippen LogP contribution in [0.5, 0.6) is 11.5 Å². The zero-order valence-electron chi connectivity index (χ0n) is 13.2. The van der Waals surface area contributed by atoms with Crippen LogP contribution in [0.15, 0.2) is 41.5 Å². The average Bonchev–Trinajstić information content (AvgIpc) is 2.84. The normalized spacial score (nSPS) is 13.7. The van der Waals surface area contributed by atoms with E-state index in [9.17, 15) is 4.79 Å². The highest BCUT2D eigenvalue weighted by molar-refractivity contribution is 6.32. The van der Waals surface area contributed by atoms with Crippen LogP contribution in [-0.2, 0) is 6.54 Å². The predicted molar refractivity (Wildman–Crippen MR) is 97.2 cm³/mol. The smallest absolute Gasteiger partial charge is 0.261 e. The van der Waals surface area contributed by atoms with Crippen molar-refractivity contribution in [2.24, 2.45) is 0 Å². The van der Waals surface area contributed by atoms with E-state index < -0.39 is 0 Å². The lowest BCUT2D eigenvalue weighted by Gasteiger charge is -2.12. The van der Waals surface area contributed by atoms with Gasteiger partial charge in [0.05, 0.1) is 42.0 Å². The molecule has 3 aromatic rings. The lowest BCUT2D eigenvalue weighted by atomic mass is 10.2. The van der Waals surface area contributed by atoms with Gasteiger partial charge in [0.15, 0.2) is 11.5 Å². The van der Waals surface area contributed by atoms with Crippen molar-refractivity contribution in [2.75, 3.05) is 13.2 Å². The van der Waals surface area contributed by atoms with Crippen LogP contribution in [-0.4, -0.2) is 22.8 Å². The van der Waals surface area contributed by atoms with Gasteiger partial charge in [-0.15, -0.1) is 0 Å². The summed E-state index contributed by atoms with van der Waals surface area (Å²) in [5.74, 6) is 1.16. The van der Waals surface area contributed by atoms with E-state index in [2.05, 4.69) is 4.98 Å². The maximum absolute atomic E-state index is 12.7. The molecule has 1 aliphatic rings. The van der Waals surface area contributed by atoms with Gasteiger partial charge < -0.3 is 9.47 Å². The number of halogens is 2. The minimum atomic E-state index is -0.157. The molecule has 2 aromatic carbocycles. The zero-order valence-corrected chi connectivity index (χ0v) is 14.7. The van der Waals surface area contributed by atoms with Crippen molar-refractivity contribution in [3.05, 3.63) is 62.6 Å². The van der Waals surface area contributed by atoms with Crippen LogP contribution < -0.4 is 15.0 Å². The largest absolute Gasteiger partial charge is 0.489 e. The van der Waals surface area contributed by atoms with Gasteiger partial charge in [0.2, 0.25) is 0 Å². The Labute approximate surface area is 153 Å². The molecule has 0 bridgehead atoms. The first kappa shape index (κ1) is 16.2. The molecule has 0 fully saturated rings. The molecule has 25 heavy (non-hydrogen) atoms. The highest BCUT2D eigenvalue weighted by Crippen LogP contribution is 2.38. The first-order valence-electron chi connectivity index (χ1n) is 7.84. The van der Waals surface area contributed by atoms with Gasteiger partial charge in [-0.1, -0.05) is 23.2 Å². The standard InChI is InChI=1S/C18H14Cl2N2O3/c19-12-2-3-15-13(8-12)18(23)22(10-21-15)9-11-6-14(20)17-16(7-11)24-4-1-5-25-17/h2-3,6-8,10H,1,4-5,9H2. The highest BCUT2D eigenvalue weighted by atomic mass is 35.5. The summed E-state index contributed by atoms with van der Waals surface area (Å²) in [5.41, 5.74) is 1.29. The summed E-state index contributed by atoms with van der Waals surface area (Å²) < 4.78 is 12.8. The van der Waals surface area contributed by atoms with Crippen LogP contribution in [0.3, 0.4) is 0 Å². The third-order valence-corrected chi connectivity index (χ3v) is 4.52. The topological polar surface area (TPSA) is 53.4 Å².